The van der Waals surface area contributed by atoms with Crippen molar-refractivity contribution in [3.63, 3.8) is 0 Å². The minimum atomic E-state index is -0.677. The third-order valence-electron chi connectivity index (χ3n) is 4.15. The zero-order valence-electron chi connectivity index (χ0n) is 15.5. The number of carbonyl (C=O) groups is 2. The summed E-state index contributed by atoms with van der Waals surface area (Å²) in [6.45, 7) is 1.69. The molecule has 2 aromatic carbocycles. The smallest absolute Gasteiger partial charge is 0.261 e. The van der Waals surface area contributed by atoms with Gasteiger partial charge in [-0.2, -0.15) is 0 Å². The molecular weight excluding hydrogens is 406 g/mol. The maximum absolute atomic E-state index is 13.0. The molecule has 0 aliphatic carbocycles. The lowest BCUT2D eigenvalue weighted by molar-refractivity contribution is -0.142. The van der Waals surface area contributed by atoms with Gasteiger partial charge in [0.25, 0.3) is 5.91 Å². The highest BCUT2D eigenvalue weighted by atomic mass is 35.5. The number of carbonyl (C=O) groups excluding carboxylic acids is 2. The second kappa shape index (κ2) is 10.3. The van der Waals surface area contributed by atoms with Crippen LogP contribution in [-0.4, -0.2) is 36.4 Å². The van der Waals surface area contributed by atoms with Crippen LogP contribution < -0.4 is 10.1 Å². The molecule has 2 rings (SSSR count). The van der Waals surface area contributed by atoms with Gasteiger partial charge in [-0.25, -0.2) is 4.39 Å². The number of rotatable bonds is 8. The van der Waals surface area contributed by atoms with Crippen molar-refractivity contribution >= 4 is 35.0 Å². The standard InChI is InChI=1S/C20H21Cl2FN2O3/c1-3-18(20(27)24-2)25(11-13-4-9-16(21)17(22)10-13)19(26)12-28-15-7-5-14(23)6-8-15/h4-10,18H,3,11-12H2,1-2H3,(H,24,27)/t18-/m0/s1. The maximum atomic E-state index is 13.0. The summed E-state index contributed by atoms with van der Waals surface area (Å²) in [5.41, 5.74) is 0.729. The highest BCUT2D eigenvalue weighted by Crippen LogP contribution is 2.24. The number of halogens is 3. The zero-order valence-corrected chi connectivity index (χ0v) is 17.1. The summed E-state index contributed by atoms with van der Waals surface area (Å²) in [7, 11) is 1.52. The van der Waals surface area contributed by atoms with E-state index in [1.165, 1.54) is 36.2 Å². The number of hydrogen-bond donors (Lipinski definition) is 1. The fourth-order valence-electron chi connectivity index (χ4n) is 2.68. The Morgan fingerprint density at radius 1 is 1.14 bits per heavy atom. The summed E-state index contributed by atoms with van der Waals surface area (Å²) in [4.78, 5) is 26.6. The molecule has 0 fully saturated rings. The minimum Gasteiger partial charge on any atom is -0.484 e. The highest BCUT2D eigenvalue weighted by molar-refractivity contribution is 6.42. The number of likely N-dealkylation sites (N-methyl/N-ethyl adjacent to an activating group) is 1. The predicted molar refractivity (Wildman–Crippen MR) is 107 cm³/mol. The van der Waals surface area contributed by atoms with E-state index in [-0.39, 0.29) is 25.0 Å². The summed E-state index contributed by atoms with van der Waals surface area (Å²) < 4.78 is 18.5. The molecule has 2 amide bonds. The quantitative estimate of drug-likeness (QED) is 0.691. The Bertz CT molecular complexity index is 831. The summed E-state index contributed by atoms with van der Waals surface area (Å²) in [6, 6.07) is 9.71. The molecule has 0 unspecified atom stereocenters. The molecular formula is C20H21Cl2FN2O3. The van der Waals surface area contributed by atoms with Gasteiger partial charge < -0.3 is 15.0 Å². The van der Waals surface area contributed by atoms with E-state index in [4.69, 9.17) is 27.9 Å². The first-order chi connectivity index (χ1) is 13.3. The Labute approximate surface area is 173 Å². The van der Waals surface area contributed by atoms with Gasteiger partial charge in [0.2, 0.25) is 5.91 Å². The molecule has 2 aromatic rings. The lowest BCUT2D eigenvalue weighted by atomic mass is 10.1. The van der Waals surface area contributed by atoms with E-state index in [9.17, 15) is 14.0 Å². The second-order valence-electron chi connectivity index (χ2n) is 6.05. The zero-order chi connectivity index (χ0) is 20.7. The van der Waals surface area contributed by atoms with Gasteiger partial charge in [-0.3, -0.25) is 9.59 Å². The first kappa shape index (κ1) is 22.0. The first-order valence-corrected chi connectivity index (χ1v) is 9.44. The summed E-state index contributed by atoms with van der Waals surface area (Å²) >= 11 is 12.0. The van der Waals surface area contributed by atoms with E-state index < -0.39 is 11.9 Å². The Kier molecular flexibility index (Phi) is 8.08. The molecule has 0 aromatic heterocycles. The second-order valence-corrected chi connectivity index (χ2v) is 6.87. The molecule has 5 nitrogen and oxygen atoms in total. The van der Waals surface area contributed by atoms with Crippen molar-refractivity contribution in [1.82, 2.24) is 10.2 Å². The molecule has 28 heavy (non-hydrogen) atoms. The van der Waals surface area contributed by atoms with Gasteiger partial charge in [-0.05, 0) is 48.4 Å². The lowest BCUT2D eigenvalue weighted by Crippen LogP contribution is -2.49. The molecule has 0 saturated heterocycles. The van der Waals surface area contributed by atoms with Gasteiger partial charge in [0, 0.05) is 13.6 Å². The molecule has 0 aliphatic rings. The monoisotopic (exact) mass is 426 g/mol. The van der Waals surface area contributed by atoms with E-state index in [0.717, 1.165) is 5.56 Å². The lowest BCUT2D eigenvalue weighted by Gasteiger charge is -2.30. The molecule has 8 heteroatoms. The first-order valence-electron chi connectivity index (χ1n) is 8.69. The van der Waals surface area contributed by atoms with E-state index in [1.807, 2.05) is 6.92 Å². The predicted octanol–water partition coefficient (Wildman–Crippen LogP) is 4.06. The van der Waals surface area contributed by atoms with Crippen LogP contribution in [0.15, 0.2) is 42.5 Å². The van der Waals surface area contributed by atoms with Crippen molar-refractivity contribution in [3.05, 3.63) is 63.9 Å². The number of benzene rings is 2. The van der Waals surface area contributed by atoms with Gasteiger partial charge in [0.1, 0.15) is 17.6 Å². The molecule has 0 bridgehead atoms. The SMILES string of the molecule is CC[C@@H](C(=O)NC)N(Cc1ccc(Cl)c(Cl)c1)C(=O)COc1ccc(F)cc1. The van der Waals surface area contributed by atoms with E-state index in [1.54, 1.807) is 18.2 Å². The Morgan fingerprint density at radius 3 is 2.39 bits per heavy atom. The van der Waals surface area contributed by atoms with Gasteiger partial charge in [-0.1, -0.05) is 36.2 Å². The van der Waals surface area contributed by atoms with Crippen LogP contribution in [0.25, 0.3) is 0 Å². The van der Waals surface area contributed by atoms with Crippen LogP contribution in [-0.2, 0) is 16.1 Å². The molecule has 1 N–H and O–H groups in total. The van der Waals surface area contributed by atoms with Gasteiger partial charge >= 0.3 is 0 Å². The molecule has 0 radical (unpaired) electrons. The maximum Gasteiger partial charge on any atom is 0.261 e. The summed E-state index contributed by atoms with van der Waals surface area (Å²) in [5.74, 6) is -0.702. The van der Waals surface area contributed by atoms with Crippen LogP contribution in [0, 0.1) is 5.82 Å². The third kappa shape index (κ3) is 5.84. The van der Waals surface area contributed by atoms with Crippen molar-refractivity contribution in [2.24, 2.45) is 0 Å². The number of amides is 2. The van der Waals surface area contributed by atoms with E-state index in [2.05, 4.69) is 5.32 Å². The van der Waals surface area contributed by atoms with Crippen molar-refractivity contribution in [2.75, 3.05) is 13.7 Å². The van der Waals surface area contributed by atoms with E-state index in [0.29, 0.717) is 22.2 Å². The number of nitrogens with zero attached hydrogens (tertiary/aromatic N) is 1. The number of ether oxygens (including phenoxy) is 1. The van der Waals surface area contributed by atoms with Crippen LogP contribution in [0.5, 0.6) is 5.75 Å². The molecule has 0 saturated carbocycles. The average molecular weight is 427 g/mol. The fraction of sp³-hybridized carbons (Fsp3) is 0.300. The van der Waals surface area contributed by atoms with Crippen molar-refractivity contribution in [2.45, 2.75) is 25.9 Å². The Hall–Kier alpha value is -2.31. The van der Waals surface area contributed by atoms with Gasteiger partial charge in [-0.15, -0.1) is 0 Å². The molecule has 0 heterocycles. The van der Waals surface area contributed by atoms with Crippen LogP contribution in [0.2, 0.25) is 10.0 Å². The third-order valence-corrected chi connectivity index (χ3v) is 4.88. The van der Waals surface area contributed by atoms with Crippen molar-refractivity contribution in [1.29, 1.82) is 0 Å². The molecule has 1 atom stereocenters. The van der Waals surface area contributed by atoms with Crippen LogP contribution in [0.4, 0.5) is 4.39 Å². The number of hydrogen-bond acceptors (Lipinski definition) is 3. The largest absolute Gasteiger partial charge is 0.484 e. The normalized spacial score (nSPS) is 11.6. The highest BCUT2D eigenvalue weighted by Gasteiger charge is 2.28. The van der Waals surface area contributed by atoms with Gasteiger partial charge in [0.15, 0.2) is 6.61 Å². The summed E-state index contributed by atoms with van der Waals surface area (Å²) in [6.07, 6.45) is 0.420. The Morgan fingerprint density at radius 2 is 1.82 bits per heavy atom. The number of nitrogens with one attached hydrogen (secondary N) is 1. The van der Waals surface area contributed by atoms with Crippen molar-refractivity contribution < 1.29 is 18.7 Å². The summed E-state index contributed by atoms with van der Waals surface area (Å²) in [5, 5.41) is 3.34. The molecule has 0 spiro atoms. The minimum absolute atomic E-state index is 0.161. The van der Waals surface area contributed by atoms with Gasteiger partial charge in [0.05, 0.1) is 10.0 Å². The average Bonchev–Trinajstić information content (AvgIpc) is 2.69. The Balaban J connectivity index is 2.20. The van der Waals surface area contributed by atoms with Crippen LogP contribution >= 0.6 is 23.2 Å². The van der Waals surface area contributed by atoms with E-state index >= 15 is 0 Å². The van der Waals surface area contributed by atoms with Crippen LogP contribution in [0.1, 0.15) is 18.9 Å². The van der Waals surface area contributed by atoms with Crippen LogP contribution in [0.3, 0.4) is 0 Å². The fourth-order valence-corrected chi connectivity index (χ4v) is 3.00. The molecule has 0 aliphatic heterocycles. The van der Waals surface area contributed by atoms with Crippen molar-refractivity contribution in [3.8, 4) is 5.75 Å². The molecule has 150 valence electrons. The topological polar surface area (TPSA) is 58.6 Å².